The van der Waals surface area contributed by atoms with E-state index in [1.165, 1.54) is 32.1 Å². The van der Waals surface area contributed by atoms with Crippen molar-refractivity contribution in [2.24, 2.45) is 11.8 Å². The zero-order valence-electron chi connectivity index (χ0n) is 11.2. The molecule has 100 valence electrons. The Balaban J connectivity index is 2.14. The van der Waals surface area contributed by atoms with E-state index in [2.05, 4.69) is 19.2 Å². The van der Waals surface area contributed by atoms with Gasteiger partial charge >= 0.3 is 5.97 Å². The molecule has 1 saturated carbocycles. The van der Waals surface area contributed by atoms with E-state index in [1.54, 1.807) is 0 Å². The monoisotopic (exact) mass is 241 g/mol. The third kappa shape index (κ3) is 6.67. The number of nitrogens with one attached hydrogen (secondary N) is 1. The summed E-state index contributed by atoms with van der Waals surface area (Å²) >= 11 is 0. The number of hydrogen-bond donors (Lipinski definition) is 2. The van der Waals surface area contributed by atoms with Crippen LogP contribution < -0.4 is 5.32 Å². The summed E-state index contributed by atoms with van der Waals surface area (Å²) in [5, 5.41) is 12.1. The average molecular weight is 241 g/mol. The van der Waals surface area contributed by atoms with Gasteiger partial charge in [-0.15, -0.1) is 0 Å². The average Bonchev–Trinajstić information content (AvgIpc) is 2.24. The van der Waals surface area contributed by atoms with Gasteiger partial charge in [-0.05, 0) is 44.1 Å². The second kappa shape index (κ2) is 7.70. The minimum absolute atomic E-state index is 0.287. The molecule has 0 amide bonds. The highest BCUT2D eigenvalue weighted by Crippen LogP contribution is 2.29. The molecule has 3 heteroatoms. The van der Waals surface area contributed by atoms with Gasteiger partial charge in [0.2, 0.25) is 0 Å². The van der Waals surface area contributed by atoms with Crippen molar-refractivity contribution >= 4 is 5.97 Å². The lowest BCUT2D eigenvalue weighted by Gasteiger charge is -2.30. The Labute approximate surface area is 105 Å². The molecule has 3 nitrogen and oxygen atoms in total. The molecule has 0 aromatic heterocycles. The van der Waals surface area contributed by atoms with Crippen LogP contribution in [0.15, 0.2) is 0 Å². The van der Waals surface area contributed by atoms with Gasteiger partial charge in [-0.3, -0.25) is 4.79 Å². The number of carboxylic acid groups (broad SMARTS) is 1. The van der Waals surface area contributed by atoms with E-state index in [1.807, 2.05) is 0 Å². The first-order chi connectivity index (χ1) is 8.08. The van der Waals surface area contributed by atoms with E-state index in [0.717, 1.165) is 24.8 Å². The lowest BCUT2D eigenvalue weighted by Crippen LogP contribution is -2.35. The predicted molar refractivity (Wildman–Crippen MR) is 70.1 cm³/mol. The molecule has 0 radical (unpaired) electrons. The van der Waals surface area contributed by atoms with Crippen molar-refractivity contribution in [3.63, 3.8) is 0 Å². The first kappa shape index (κ1) is 14.5. The maximum Gasteiger partial charge on any atom is 0.303 e. The fourth-order valence-electron chi connectivity index (χ4n) is 2.90. The predicted octanol–water partition coefficient (Wildman–Crippen LogP) is 3.05. The van der Waals surface area contributed by atoms with Crippen molar-refractivity contribution in [2.45, 2.75) is 64.8 Å². The summed E-state index contributed by atoms with van der Waals surface area (Å²) in [5.74, 6) is 0.986. The standard InChI is InChI=1S/C14H27NO2/c1-11(2)9-12-5-3-6-13(10-12)15-8-4-7-14(16)17/h11-13,15H,3-10H2,1-2H3,(H,16,17). The largest absolute Gasteiger partial charge is 0.481 e. The summed E-state index contributed by atoms with van der Waals surface area (Å²) < 4.78 is 0. The van der Waals surface area contributed by atoms with Crippen LogP contribution in [-0.2, 0) is 4.79 Å². The molecule has 0 spiro atoms. The Morgan fingerprint density at radius 1 is 1.41 bits per heavy atom. The van der Waals surface area contributed by atoms with Crippen molar-refractivity contribution in [2.75, 3.05) is 6.54 Å². The van der Waals surface area contributed by atoms with Gasteiger partial charge in [0.1, 0.15) is 0 Å². The lowest BCUT2D eigenvalue weighted by molar-refractivity contribution is -0.137. The molecule has 2 unspecified atom stereocenters. The van der Waals surface area contributed by atoms with Crippen LogP contribution in [0.1, 0.15) is 58.8 Å². The SMILES string of the molecule is CC(C)CC1CCCC(NCCCC(=O)O)C1. The molecule has 0 heterocycles. The summed E-state index contributed by atoms with van der Waals surface area (Å²) in [7, 11) is 0. The summed E-state index contributed by atoms with van der Waals surface area (Å²) in [6, 6.07) is 0.626. The second-order valence-corrected chi connectivity index (χ2v) is 5.81. The molecule has 17 heavy (non-hydrogen) atoms. The quantitative estimate of drug-likeness (QED) is 0.674. The molecule has 0 bridgehead atoms. The number of carboxylic acids is 1. The molecule has 1 rings (SSSR count). The molecule has 1 fully saturated rings. The third-order valence-corrected chi connectivity index (χ3v) is 3.59. The number of aliphatic carboxylic acids is 1. The Morgan fingerprint density at radius 3 is 2.82 bits per heavy atom. The Kier molecular flexibility index (Phi) is 6.56. The van der Waals surface area contributed by atoms with Crippen LogP contribution in [0, 0.1) is 11.8 Å². The Bertz CT molecular complexity index is 228. The third-order valence-electron chi connectivity index (χ3n) is 3.59. The highest BCUT2D eigenvalue weighted by molar-refractivity contribution is 5.66. The topological polar surface area (TPSA) is 49.3 Å². The Hall–Kier alpha value is -0.570. The summed E-state index contributed by atoms with van der Waals surface area (Å²) in [5.41, 5.74) is 0. The number of carbonyl (C=O) groups is 1. The van der Waals surface area contributed by atoms with Crippen molar-refractivity contribution in [1.29, 1.82) is 0 Å². The summed E-state index contributed by atoms with van der Waals surface area (Å²) in [6.45, 7) is 5.44. The number of hydrogen-bond acceptors (Lipinski definition) is 2. The van der Waals surface area contributed by atoms with E-state index in [4.69, 9.17) is 5.11 Å². The molecule has 2 atom stereocenters. The van der Waals surface area contributed by atoms with Crippen molar-refractivity contribution in [1.82, 2.24) is 5.32 Å². The van der Waals surface area contributed by atoms with Gasteiger partial charge in [0.25, 0.3) is 0 Å². The second-order valence-electron chi connectivity index (χ2n) is 5.81. The Morgan fingerprint density at radius 2 is 2.18 bits per heavy atom. The molecular formula is C14H27NO2. The van der Waals surface area contributed by atoms with Crippen molar-refractivity contribution in [3.05, 3.63) is 0 Å². The maximum absolute atomic E-state index is 10.4. The van der Waals surface area contributed by atoms with Gasteiger partial charge in [0.15, 0.2) is 0 Å². The van der Waals surface area contributed by atoms with Crippen LogP contribution in [0.5, 0.6) is 0 Å². The molecule has 1 aliphatic rings. The van der Waals surface area contributed by atoms with E-state index < -0.39 is 5.97 Å². The molecule has 0 aromatic carbocycles. The van der Waals surface area contributed by atoms with E-state index in [-0.39, 0.29) is 6.42 Å². The zero-order chi connectivity index (χ0) is 12.7. The molecule has 0 aliphatic heterocycles. The van der Waals surface area contributed by atoms with E-state index in [0.29, 0.717) is 6.04 Å². The van der Waals surface area contributed by atoms with Gasteiger partial charge in [-0.25, -0.2) is 0 Å². The van der Waals surface area contributed by atoms with Gasteiger partial charge in [-0.2, -0.15) is 0 Å². The van der Waals surface area contributed by atoms with Crippen LogP contribution in [-0.4, -0.2) is 23.7 Å². The minimum Gasteiger partial charge on any atom is -0.481 e. The molecule has 1 aliphatic carbocycles. The highest BCUT2D eigenvalue weighted by Gasteiger charge is 2.21. The minimum atomic E-state index is -0.687. The van der Waals surface area contributed by atoms with Gasteiger partial charge in [0, 0.05) is 12.5 Å². The van der Waals surface area contributed by atoms with Gasteiger partial charge in [-0.1, -0.05) is 26.7 Å². The zero-order valence-corrected chi connectivity index (χ0v) is 11.2. The molecule has 2 N–H and O–H groups in total. The van der Waals surface area contributed by atoms with E-state index in [9.17, 15) is 4.79 Å². The highest BCUT2D eigenvalue weighted by atomic mass is 16.4. The van der Waals surface area contributed by atoms with Crippen molar-refractivity contribution in [3.8, 4) is 0 Å². The normalized spacial score (nSPS) is 25.1. The first-order valence-electron chi connectivity index (χ1n) is 7.03. The summed E-state index contributed by atoms with van der Waals surface area (Å²) in [4.78, 5) is 10.4. The fourth-order valence-corrected chi connectivity index (χ4v) is 2.90. The maximum atomic E-state index is 10.4. The van der Waals surface area contributed by atoms with Crippen LogP contribution >= 0.6 is 0 Å². The molecular weight excluding hydrogens is 214 g/mol. The van der Waals surface area contributed by atoms with Crippen LogP contribution in [0.2, 0.25) is 0 Å². The number of rotatable bonds is 7. The van der Waals surface area contributed by atoms with Crippen molar-refractivity contribution < 1.29 is 9.90 Å². The first-order valence-corrected chi connectivity index (χ1v) is 7.03. The fraction of sp³-hybridized carbons (Fsp3) is 0.929. The van der Waals surface area contributed by atoms with Gasteiger partial charge in [0.05, 0.1) is 0 Å². The van der Waals surface area contributed by atoms with Crippen LogP contribution in [0.3, 0.4) is 0 Å². The van der Waals surface area contributed by atoms with E-state index >= 15 is 0 Å². The lowest BCUT2D eigenvalue weighted by atomic mass is 9.81. The molecule has 0 aromatic rings. The molecule has 0 saturated heterocycles. The summed E-state index contributed by atoms with van der Waals surface area (Å²) in [6.07, 6.45) is 7.63. The smallest absolute Gasteiger partial charge is 0.303 e. The van der Waals surface area contributed by atoms with Crippen LogP contribution in [0.4, 0.5) is 0 Å². The van der Waals surface area contributed by atoms with Crippen LogP contribution in [0.25, 0.3) is 0 Å². The van der Waals surface area contributed by atoms with Gasteiger partial charge < -0.3 is 10.4 Å².